The van der Waals surface area contributed by atoms with E-state index in [1.54, 1.807) is 0 Å². The maximum Gasteiger partial charge on any atom is 0.139 e. The molecule has 1 N–H and O–H groups in total. The normalized spacial score (nSPS) is 10.2. The number of aromatic hydroxyl groups is 1. The molecule has 1 aromatic rings. The third kappa shape index (κ3) is 1.76. The van der Waals surface area contributed by atoms with Gasteiger partial charge in [-0.15, -0.1) is 0 Å². The van der Waals surface area contributed by atoms with Crippen LogP contribution in [0.3, 0.4) is 0 Å². The molecule has 0 saturated carbocycles. The molecule has 0 aliphatic heterocycles. The Bertz CT molecular complexity index is 258. The highest BCUT2D eigenvalue weighted by Crippen LogP contribution is 2.20. The van der Waals surface area contributed by atoms with Crippen molar-refractivity contribution in [3.63, 3.8) is 0 Å². The number of hydrogen-bond acceptors (Lipinski definition) is 2. The van der Waals surface area contributed by atoms with Crippen LogP contribution in [0.1, 0.15) is 30.3 Å². The summed E-state index contributed by atoms with van der Waals surface area (Å²) >= 11 is 0. The SMILES string of the molecule is CCCc1cc(C)c(O)c(C)n1. The van der Waals surface area contributed by atoms with Crippen molar-refractivity contribution in [3.8, 4) is 5.75 Å². The van der Waals surface area contributed by atoms with E-state index < -0.39 is 0 Å². The smallest absolute Gasteiger partial charge is 0.139 e. The lowest BCUT2D eigenvalue weighted by Gasteiger charge is -2.05. The van der Waals surface area contributed by atoms with E-state index in [9.17, 15) is 5.11 Å². The Morgan fingerprint density at radius 3 is 2.58 bits per heavy atom. The largest absolute Gasteiger partial charge is 0.506 e. The Hall–Kier alpha value is -1.05. The first-order valence-corrected chi connectivity index (χ1v) is 4.31. The van der Waals surface area contributed by atoms with Crippen molar-refractivity contribution in [2.75, 3.05) is 0 Å². The third-order valence-corrected chi connectivity index (χ3v) is 1.92. The Morgan fingerprint density at radius 2 is 2.08 bits per heavy atom. The van der Waals surface area contributed by atoms with Crippen LogP contribution in [0, 0.1) is 13.8 Å². The van der Waals surface area contributed by atoms with E-state index in [0.717, 1.165) is 29.8 Å². The van der Waals surface area contributed by atoms with Gasteiger partial charge < -0.3 is 5.11 Å². The van der Waals surface area contributed by atoms with Gasteiger partial charge in [-0.1, -0.05) is 13.3 Å². The molecule has 0 aliphatic rings. The van der Waals surface area contributed by atoms with E-state index in [2.05, 4.69) is 11.9 Å². The summed E-state index contributed by atoms with van der Waals surface area (Å²) in [5.41, 5.74) is 2.73. The Morgan fingerprint density at radius 1 is 1.42 bits per heavy atom. The van der Waals surface area contributed by atoms with Crippen LogP contribution in [0.4, 0.5) is 0 Å². The summed E-state index contributed by atoms with van der Waals surface area (Å²) in [7, 11) is 0. The monoisotopic (exact) mass is 165 g/mol. The highest BCUT2D eigenvalue weighted by molar-refractivity contribution is 5.35. The van der Waals surface area contributed by atoms with Crippen LogP contribution in [0.15, 0.2) is 6.07 Å². The second-order valence-corrected chi connectivity index (χ2v) is 3.11. The molecule has 0 aromatic carbocycles. The molecule has 1 rings (SSSR count). The molecule has 66 valence electrons. The Kier molecular flexibility index (Phi) is 2.69. The predicted octanol–water partition coefficient (Wildman–Crippen LogP) is 2.36. The fraction of sp³-hybridized carbons (Fsp3) is 0.500. The van der Waals surface area contributed by atoms with Crippen LogP contribution >= 0.6 is 0 Å². The molecule has 0 amide bonds. The molecule has 2 nitrogen and oxygen atoms in total. The van der Waals surface area contributed by atoms with Crippen molar-refractivity contribution >= 4 is 0 Å². The fourth-order valence-electron chi connectivity index (χ4n) is 1.29. The number of rotatable bonds is 2. The van der Waals surface area contributed by atoms with Gasteiger partial charge in [0.1, 0.15) is 5.75 Å². The van der Waals surface area contributed by atoms with Crippen LogP contribution in [0.5, 0.6) is 5.75 Å². The van der Waals surface area contributed by atoms with Gasteiger partial charge in [0.2, 0.25) is 0 Å². The van der Waals surface area contributed by atoms with E-state index in [1.165, 1.54) is 0 Å². The zero-order valence-electron chi connectivity index (χ0n) is 7.89. The summed E-state index contributed by atoms with van der Waals surface area (Å²) < 4.78 is 0. The summed E-state index contributed by atoms with van der Waals surface area (Å²) in [5.74, 6) is 0.329. The van der Waals surface area contributed by atoms with Crippen LogP contribution in [0.2, 0.25) is 0 Å². The molecule has 0 unspecified atom stereocenters. The minimum Gasteiger partial charge on any atom is -0.506 e. The highest BCUT2D eigenvalue weighted by Gasteiger charge is 2.03. The first-order valence-electron chi connectivity index (χ1n) is 4.31. The first-order chi connectivity index (χ1) is 5.65. The van der Waals surface area contributed by atoms with Crippen LogP contribution in [-0.4, -0.2) is 10.1 Å². The second kappa shape index (κ2) is 3.57. The second-order valence-electron chi connectivity index (χ2n) is 3.11. The van der Waals surface area contributed by atoms with Gasteiger partial charge in [-0.05, 0) is 31.9 Å². The van der Waals surface area contributed by atoms with E-state index >= 15 is 0 Å². The lowest BCUT2D eigenvalue weighted by atomic mass is 10.1. The van der Waals surface area contributed by atoms with Gasteiger partial charge >= 0.3 is 0 Å². The summed E-state index contributed by atoms with van der Waals surface area (Å²) in [5, 5.41) is 9.44. The molecule has 0 spiro atoms. The molecule has 0 aliphatic carbocycles. The predicted molar refractivity (Wildman–Crippen MR) is 49.4 cm³/mol. The molecule has 0 atom stereocenters. The maximum absolute atomic E-state index is 9.44. The Labute approximate surface area is 73.3 Å². The molecule has 0 bridgehead atoms. The molecular formula is C10H15NO. The summed E-state index contributed by atoms with van der Waals surface area (Å²) in [6, 6.07) is 1.95. The number of hydrogen-bond donors (Lipinski definition) is 1. The third-order valence-electron chi connectivity index (χ3n) is 1.92. The summed E-state index contributed by atoms with van der Waals surface area (Å²) in [6.07, 6.45) is 2.08. The van der Waals surface area contributed by atoms with Crippen molar-refractivity contribution in [1.82, 2.24) is 4.98 Å². The van der Waals surface area contributed by atoms with E-state index in [-0.39, 0.29) is 0 Å². The lowest BCUT2D eigenvalue weighted by molar-refractivity contribution is 0.462. The molecule has 0 radical (unpaired) electrons. The van der Waals surface area contributed by atoms with Crippen LogP contribution in [0.25, 0.3) is 0 Å². The summed E-state index contributed by atoms with van der Waals surface area (Å²) in [6.45, 7) is 5.86. The number of pyridine rings is 1. The molecule has 1 heterocycles. The standard InChI is InChI=1S/C10H15NO/c1-4-5-9-6-7(2)10(12)8(3)11-9/h6,12H,4-5H2,1-3H3. The van der Waals surface area contributed by atoms with Crippen molar-refractivity contribution in [1.29, 1.82) is 0 Å². The van der Waals surface area contributed by atoms with Crippen LogP contribution in [-0.2, 0) is 6.42 Å². The van der Waals surface area contributed by atoms with Gasteiger partial charge in [0.05, 0.1) is 5.69 Å². The van der Waals surface area contributed by atoms with E-state index in [0.29, 0.717) is 5.75 Å². The van der Waals surface area contributed by atoms with E-state index in [4.69, 9.17) is 0 Å². The molecule has 0 fully saturated rings. The van der Waals surface area contributed by atoms with Gasteiger partial charge in [-0.3, -0.25) is 4.98 Å². The van der Waals surface area contributed by atoms with Crippen molar-refractivity contribution in [3.05, 3.63) is 23.0 Å². The van der Waals surface area contributed by atoms with Crippen molar-refractivity contribution < 1.29 is 5.11 Å². The maximum atomic E-state index is 9.44. The molecule has 2 heteroatoms. The minimum absolute atomic E-state index is 0.329. The number of aromatic nitrogens is 1. The van der Waals surface area contributed by atoms with Crippen molar-refractivity contribution in [2.45, 2.75) is 33.6 Å². The highest BCUT2D eigenvalue weighted by atomic mass is 16.3. The average molecular weight is 165 g/mol. The molecule has 1 aromatic heterocycles. The lowest BCUT2D eigenvalue weighted by Crippen LogP contribution is -1.94. The first kappa shape index (κ1) is 9.04. The fourth-order valence-corrected chi connectivity index (χ4v) is 1.29. The van der Waals surface area contributed by atoms with Gasteiger partial charge in [-0.2, -0.15) is 0 Å². The molecule has 12 heavy (non-hydrogen) atoms. The Balaban J connectivity index is 3.04. The van der Waals surface area contributed by atoms with Crippen molar-refractivity contribution in [2.24, 2.45) is 0 Å². The zero-order chi connectivity index (χ0) is 9.14. The molecule has 0 saturated heterocycles. The average Bonchev–Trinajstić information content (AvgIpc) is 2.01. The number of nitrogens with zero attached hydrogens (tertiary/aromatic N) is 1. The summed E-state index contributed by atoms with van der Waals surface area (Å²) in [4.78, 5) is 4.27. The van der Waals surface area contributed by atoms with E-state index in [1.807, 2.05) is 19.9 Å². The number of aryl methyl sites for hydroxylation is 3. The quantitative estimate of drug-likeness (QED) is 0.729. The topological polar surface area (TPSA) is 33.1 Å². The van der Waals surface area contributed by atoms with Gasteiger partial charge in [0.25, 0.3) is 0 Å². The van der Waals surface area contributed by atoms with Crippen LogP contribution < -0.4 is 0 Å². The minimum atomic E-state index is 0.329. The van der Waals surface area contributed by atoms with Gasteiger partial charge in [0, 0.05) is 5.69 Å². The van der Waals surface area contributed by atoms with Gasteiger partial charge in [-0.25, -0.2) is 0 Å². The van der Waals surface area contributed by atoms with Gasteiger partial charge in [0.15, 0.2) is 0 Å². The zero-order valence-corrected chi connectivity index (χ0v) is 7.89. The molecular weight excluding hydrogens is 150 g/mol.